The Balaban J connectivity index is 1.37. The zero-order chi connectivity index (χ0) is 22.6. The first-order valence-corrected chi connectivity index (χ1v) is 12.6. The molecule has 1 atom stereocenters. The maximum atomic E-state index is 13.4. The van der Waals surface area contributed by atoms with Crippen LogP contribution in [0.5, 0.6) is 0 Å². The number of hydrogen-bond donors (Lipinski definition) is 2. The van der Waals surface area contributed by atoms with Crippen LogP contribution in [0.3, 0.4) is 0 Å². The van der Waals surface area contributed by atoms with Gasteiger partial charge >= 0.3 is 0 Å². The highest BCUT2D eigenvalue weighted by molar-refractivity contribution is 7.92. The van der Waals surface area contributed by atoms with E-state index in [-0.39, 0.29) is 16.5 Å². The fourth-order valence-electron chi connectivity index (χ4n) is 3.69. The highest BCUT2D eigenvalue weighted by Gasteiger charge is 2.22. The minimum Gasteiger partial charge on any atom is -0.352 e. The van der Waals surface area contributed by atoms with Crippen LogP contribution in [-0.2, 0) is 10.0 Å². The number of aromatic nitrogens is 1. The fourth-order valence-corrected chi connectivity index (χ4v) is 5.45. The average molecular weight is 475 g/mol. The number of nitrogens with one attached hydrogen (secondary N) is 2. The second kappa shape index (κ2) is 9.66. The molecule has 3 aromatic rings. The molecule has 7 nitrogen and oxygen atoms in total. The van der Waals surface area contributed by atoms with Gasteiger partial charge in [0.25, 0.3) is 15.9 Å². The van der Waals surface area contributed by atoms with Crippen molar-refractivity contribution in [2.75, 3.05) is 29.3 Å². The maximum Gasteiger partial charge on any atom is 0.261 e. The molecule has 1 saturated heterocycles. The van der Waals surface area contributed by atoms with Crippen LogP contribution in [0.4, 0.5) is 15.2 Å². The lowest BCUT2D eigenvalue weighted by Crippen LogP contribution is -2.41. The summed E-state index contributed by atoms with van der Waals surface area (Å²) in [5, 5.41) is 5.91. The summed E-state index contributed by atoms with van der Waals surface area (Å²) in [6.07, 6.45) is 3.86. The first-order valence-electron chi connectivity index (χ1n) is 10.2. The van der Waals surface area contributed by atoms with Crippen LogP contribution in [0, 0.1) is 11.7 Å². The normalized spacial score (nSPS) is 16.5. The monoisotopic (exact) mass is 474 g/mol. The van der Waals surface area contributed by atoms with E-state index in [4.69, 9.17) is 0 Å². The summed E-state index contributed by atoms with van der Waals surface area (Å²) in [6.45, 7) is 2.33. The molecule has 1 aromatic heterocycles. The third-order valence-corrected chi connectivity index (χ3v) is 7.45. The highest BCUT2D eigenvalue weighted by Crippen LogP contribution is 2.24. The number of sulfonamides is 1. The van der Waals surface area contributed by atoms with Gasteiger partial charge in [0.2, 0.25) is 0 Å². The predicted octanol–water partition coefficient (Wildman–Crippen LogP) is 3.73. The standard InChI is InChI=1S/C22H23FN4O3S2/c23-18-6-2-8-20(13-18)32(29,30)26-19-7-1-5-17(12-19)21(28)25-14-16-4-3-10-27(15-16)22-24-9-11-31-22/h1-2,5-9,11-13,16,26H,3-4,10,14-15H2,(H,25,28). The molecule has 1 fully saturated rings. The Morgan fingerprint density at radius 3 is 2.84 bits per heavy atom. The van der Waals surface area contributed by atoms with Gasteiger partial charge in [-0.2, -0.15) is 0 Å². The number of anilines is 2. The van der Waals surface area contributed by atoms with Crippen LogP contribution in [-0.4, -0.2) is 38.9 Å². The molecule has 1 unspecified atom stereocenters. The minimum atomic E-state index is -3.97. The number of carbonyl (C=O) groups is 1. The van der Waals surface area contributed by atoms with Crippen molar-refractivity contribution in [2.24, 2.45) is 5.92 Å². The Bertz CT molecular complexity index is 1190. The molecule has 2 heterocycles. The van der Waals surface area contributed by atoms with Crippen molar-refractivity contribution in [3.63, 3.8) is 0 Å². The Morgan fingerprint density at radius 2 is 2.06 bits per heavy atom. The number of thiazole rings is 1. The molecule has 0 spiro atoms. The predicted molar refractivity (Wildman–Crippen MR) is 123 cm³/mol. The van der Waals surface area contributed by atoms with Crippen molar-refractivity contribution in [3.8, 4) is 0 Å². The molecular formula is C22H23FN4O3S2. The summed E-state index contributed by atoms with van der Waals surface area (Å²) < 4.78 is 40.8. The van der Waals surface area contributed by atoms with Crippen LogP contribution in [0.25, 0.3) is 0 Å². The minimum absolute atomic E-state index is 0.186. The number of rotatable bonds is 7. The van der Waals surface area contributed by atoms with E-state index < -0.39 is 15.8 Å². The van der Waals surface area contributed by atoms with E-state index in [9.17, 15) is 17.6 Å². The zero-order valence-corrected chi connectivity index (χ0v) is 18.8. The van der Waals surface area contributed by atoms with Crippen LogP contribution < -0.4 is 14.9 Å². The molecule has 0 aliphatic carbocycles. The van der Waals surface area contributed by atoms with Gasteiger partial charge in [0.05, 0.1) is 4.90 Å². The van der Waals surface area contributed by atoms with Gasteiger partial charge in [-0.15, -0.1) is 11.3 Å². The van der Waals surface area contributed by atoms with Gasteiger partial charge in [-0.25, -0.2) is 17.8 Å². The molecule has 1 aliphatic heterocycles. The number of carbonyl (C=O) groups excluding carboxylic acids is 1. The molecule has 0 radical (unpaired) electrons. The van der Waals surface area contributed by atoms with Crippen molar-refractivity contribution >= 4 is 38.1 Å². The first-order chi connectivity index (χ1) is 15.4. The van der Waals surface area contributed by atoms with E-state index in [1.165, 1.54) is 24.3 Å². The highest BCUT2D eigenvalue weighted by atomic mass is 32.2. The lowest BCUT2D eigenvalue weighted by Gasteiger charge is -2.32. The van der Waals surface area contributed by atoms with Crippen molar-refractivity contribution in [2.45, 2.75) is 17.7 Å². The number of benzene rings is 2. The van der Waals surface area contributed by atoms with Crippen molar-refractivity contribution < 1.29 is 17.6 Å². The molecule has 4 rings (SSSR count). The van der Waals surface area contributed by atoms with Gasteiger partial charge in [-0.05, 0) is 55.2 Å². The van der Waals surface area contributed by atoms with E-state index in [1.54, 1.807) is 35.7 Å². The second-order valence-corrected chi connectivity index (χ2v) is 10.2. The van der Waals surface area contributed by atoms with Gasteiger partial charge in [0, 0.05) is 42.5 Å². The van der Waals surface area contributed by atoms with Gasteiger partial charge < -0.3 is 10.2 Å². The summed E-state index contributed by atoms with van der Waals surface area (Å²) in [4.78, 5) is 19.1. The topological polar surface area (TPSA) is 91.4 Å². The summed E-state index contributed by atoms with van der Waals surface area (Å²) in [5.74, 6) is -0.605. The van der Waals surface area contributed by atoms with Gasteiger partial charge in [-0.3, -0.25) is 9.52 Å². The van der Waals surface area contributed by atoms with Crippen molar-refractivity contribution in [3.05, 3.63) is 71.5 Å². The Hall–Kier alpha value is -2.98. The molecule has 2 N–H and O–H groups in total. The molecule has 1 amide bonds. The number of hydrogen-bond acceptors (Lipinski definition) is 6. The second-order valence-electron chi connectivity index (χ2n) is 7.62. The van der Waals surface area contributed by atoms with E-state index >= 15 is 0 Å². The van der Waals surface area contributed by atoms with Gasteiger partial charge in [0.1, 0.15) is 5.82 Å². The Labute approximate surface area is 190 Å². The Morgan fingerprint density at radius 1 is 1.22 bits per heavy atom. The average Bonchev–Trinajstić information content (AvgIpc) is 3.33. The number of piperidine rings is 1. The number of halogens is 1. The molecule has 0 bridgehead atoms. The van der Waals surface area contributed by atoms with Crippen molar-refractivity contribution in [1.82, 2.24) is 10.3 Å². The lowest BCUT2D eigenvalue weighted by molar-refractivity contribution is 0.0945. The molecule has 1 aliphatic rings. The molecule has 2 aromatic carbocycles. The molecule has 0 saturated carbocycles. The first kappa shape index (κ1) is 22.2. The molecule has 32 heavy (non-hydrogen) atoms. The van der Waals surface area contributed by atoms with Gasteiger partial charge in [0.15, 0.2) is 5.13 Å². The van der Waals surface area contributed by atoms with E-state index in [0.29, 0.717) is 18.0 Å². The smallest absolute Gasteiger partial charge is 0.261 e. The fraction of sp³-hybridized carbons (Fsp3) is 0.273. The quantitative estimate of drug-likeness (QED) is 0.545. The van der Waals surface area contributed by atoms with E-state index in [2.05, 4.69) is 19.9 Å². The van der Waals surface area contributed by atoms with E-state index in [0.717, 1.165) is 37.1 Å². The maximum absolute atomic E-state index is 13.4. The van der Waals surface area contributed by atoms with Crippen LogP contribution in [0.15, 0.2) is 65.0 Å². The zero-order valence-electron chi connectivity index (χ0n) is 17.2. The third kappa shape index (κ3) is 5.43. The van der Waals surface area contributed by atoms with Crippen LogP contribution in [0.2, 0.25) is 0 Å². The van der Waals surface area contributed by atoms with Crippen LogP contribution in [0.1, 0.15) is 23.2 Å². The summed E-state index contributed by atoms with van der Waals surface area (Å²) in [7, 11) is -3.97. The summed E-state index contributed by atoms with van der Waals surface area (Å²) in [5.41, 5.74) is 0.576. The summed E-state index contributed by atoms with van der Waals surface area (Å²) >= 11 is 1.61. The van der Waals surface area contributed by atoms with Crippen molar-refractivity contribution in [1.29, 1.82) is 0 Å². The Kier molecular flexibility index (Phi) is 6.71. The summed E-state index contributed by atoms with van der Waals surface area (Å²) in [6, 6.07) is 11.0. The molecule has 10 heteroatoms. The lowest BCUT2D eigenvalue weighted by atomic mass is 9.98. The number of amides is 1. The molecule has 168 valence electrons. The SMILES string of the molecule is O=C(NCC1CCCN(c2nccs2)C1)c1cccc(NS(=O)(=O)c2cccc(F)c2)c1. The largest absolute Gasteiger partial charge is 0.352 e. The van der Waals surface area contributed by atoms with Crippen LogP contribution >= 0.6 is 11.3 Å². The third-order valence-electron chi connectivity index (χ3n) is 5.24. The molecular weight excluding hydrogens is 451 g/mol. The number of nitrogens with zero attached hydrogens (tertiary/aromatic N) is 2. The van der Waals surface area contributed by atoms with Gasteiger partial charge in [-0.1, -0.05) is 12.1 Å². The van der Waals surface area contributed by atoms with E-state index in [1.807, 2.05) is 5.38 Å².